The SMILES string of the molecule is Cc1sc2nc(CSC(C)C(=O)NCc3ccc(Cn4ccccc4=O)cc3)[nH]c(=O)c2c1C. The molecule has 4 aromatic rings. The van der Waals surface area contributed by atoms with Gasteiger partial charge in [0.1, 0.15) is 10.7 Å². The van der Waals surface area contributed by atoms with Gasteiger partial charge in [-0.2, -0.15) is 0 Å². The van der Waals surface area contributed by atoms with Gasteiger partial charge >= 0.3 is 0 Å². The average molecular weight is 495 g/mol. The van der Waals surface area contributed by atoms with Crippen LogP contribution < -0.4 is 16.4 Å². The van der Waals surface area contributed by atoms with Crippen LogP contribution >= 0.6 is 23.1 Å². The molecule has 7 nitrogen and oxygen atoms in total. The maximum atomic E-state index is 12.6. The third-order valence-electron chi connectivity index (χ3n) is 5.67. The summed E-state index contributed by atoms with van der Waals surface area (Å²) in [5.41, 5.74) is 2.81. The van der Waals surface area contributed by atoms with Gasteiger partial charge in [0.15, 0.2) is 0 Å². The maximum absolute atomic E-state index is 12.6. The molecule has 0 aliphatic carbocycles. The molecule has 176 valence electrons. The number of rotatable bonds is 8. The standard InChI is InChI=1S/C25H26N4O3S2/c1-15-16(2)34-25-22(15)24(32)27-20(28-25)14-33-17(3)23(31)26-12-18-7-9-19(10-8-18)13-29-11-5-4-6-21(29)30/h4-11,17H,12-14H2,1-3H3,(H,26,31)(H,27,28,32). The molecule has 2 N–H and O–H groups in total. The summed E-state index contributed by atoms with van der Waals surface area (Å²) in [4.78, 5) is 46.1. The van der Waals surface area contributed by atoms with Crippen LogP contribution in [0.4, 0.5) is 0 Å². The van der Waals surface area contributed by atoms with Crippen LogP contribution in [0.3, 0.4) is 0 Å². The summed E-state index contributed by atoms with van der Waals surface area (Å²) >= 11 is 2.95. The van der Waals surface area contributed by atoms with Gasteiger partial charge in [-0.25, -0.2) is 4.98 Å². The van der Waals surface area contributed by atoms with Crippen LogP contribution in [0.1, 0.15) is 34.3 Å². The van der Waals surface area contributed by atoms with Crippen molar-refractivity contribution in [3.63, 3.8) is 0 Å². The van der Waals surface area contributed by atoms with Gasteiger partial charge in [0.25, 0.3) is 11.1 Å². The summed E-state index contributed by atoms with van der Waals surface area (Å²) in [5.74, 6) is 0.955. The van der Waals surface area contributed by atoms with Crippen molar-refractivity contribution >= 4 is 39.2 Å². The molecule has 0 aliphatic heterocycles. The molecule has 1 aromatic carbocycles. The lowest BCUT2D eigenvalue weighted by Gasteiger charge is -2.12. The van der Waals surface area contributed by atoms with E-state index in [1.54, 1.807) is 22.9 Å². The Bertz CT molecular complexity index is 1440. The van der Waals surface area contributed by atoms with Gasteiger partial charge in [-0.05, 0) is 43.5 Å². The number of aromatic nitrogens is 3. The van der Waals surface area contributed by atoms with Crippen molar-refractivity contribution in [2.24, 2.45) is 0 Å². The predicted octanol–water partition coefficient (Wildman–Crippen LogP) is 3.75. The molecule has 0 fully saturated rings. The number of thioether (sulfide) groups is 1. The van der Waals surface area contributed by atoms with E-state index in [2.05, 4.69) is 15.3 Å². The van der Waals surface area contributed by atoms with E-state index >= 15 is 0 Å². The zero-order chi connectivity index (χ0) is 24.2. The summed E-state index contributed by atoms with van der Waals surface area (Å²) in [6, 6.07) is 12.9. The van der Waals surface area contributed by atoms with E-state index in [-0.39, 0.29) is 22.3 Å². The molecule has 0 saturated heterocycles. The first-order valence-corrected chi connectivity index (χ1v) is 12.8. The molecule has 0 radical (unpaired) electrons. The number of hydrogen-bond donors (Lipinski definition) is 2. The average Bonchev–Trinajstić information content (AvgIpc) is 3.11. The van der Waals surface area contributed by atoms with Crippen LogP contribution in [0.5, 0.6) is 0 Å². The number of pyridine rings is 1. The fourth-order valence-electron chi connectivity index (χ4n) is 3.53. The lowest BCUT2D eigenvalue weighted by Crippen LogP contribution is -2.30. The minimum absolute atomic E-state index is 0.0369. The van der Waals surface area contributed by atoms with E-state index in [9.17, 15) is 14.4 Å². The van der Waals surface area contributed by atoms with Gasteiger partial charge in [-0.15, -0.1) is 23.1 Å². The molecule has 34 heavy (non-hydrogen) atoms. The number of H-pyrrole nitrogens is 1. The van der Waals surface area contributed by atoms with Gasteiger partial charge in [-0.3, -0.25) is 14.4 Å². The van der Waals surface area contributed by atoms with E-state index in [1.807, 2.05) is 51.1 Å². The number of hydrogen-bond acceptors (Lipinski definition) is 6. The van der Waals surface area contributed by atoms with Crippen molar-refractivity contribution in [3.8, 4) is 0 Å². The van der Waals surface area contributed by atoms with Gasteiger partial charge in [0, 0.05) is 23.7 Å². The lowest BCUT2D eigenvalue weighted by atomic mass is 10.1. The number of benzene rings is 1. The highest BCUT2D eigenvalue weighted by Gasteiger charge is 2.16. The fraction of sp³-hybridized carbons (Fsp3) is 0.280. The highest BCUT2D eigenvalue weighted by Crippen LogP contribution is 2.26. The Balaban J connectivity index is 1.29. The number of nitrogens with zero attached hydrogens (tertiary/aromatic N) is 2. The number of aromatic amines is 1. The number of carbonyl (C=O) groups is 1. The lowest BCUT2D eigenvalue weighted by molar-refractivity contribution is -0.120. The van der Waals surface area contributed by atoms with Gasteiger partial charge in [-0.1, -0.05) is 30.3 Å². The smallest absolute Gasteiger partial charge is 0.259 e. The Labute approximate surface area is 205 Å². The second-order valence-corrected chi connectivity index (χ2v) is 10.7. The zero-order valence-electron chi connectivity index (χ0n) is 19.3. The minimum atomic E-state index is -0.294. The topological polar surface area (TPSA) is 96.8 Å². The predicted molar refractivity (Wildman–Crippen MR) is 139 cm³/mol. The van der Waals surface area contributed by atoms with E-state index in [0.717, 1.165) is 26.4 Å². The minimum Gasteiger partial charge on any atom is -0.351 e. The fourth-order valence-corrected chi connectivity index (χ4v) is 5.36. The number of fused-ring (bicyclic) bond motifs is 1. The van der Waals surface area contributed by atoms with Crippen LogP contribution in [0.15, 0.2) is 58.3 Å². The van der Waals surface area contributed by atoms with Crippen LogP contribution in [0.2, 0.25) is 0 Å². The molecule has 0 spiro atoms. The zero-order valence-corrected chi connectivity index (χ0v) is 20.9. The molecule has 9 heteroatoms. The van der Waals surface area contributed by atoms with Crippen molar-refractivity contribution in [1.82, 2.24) is 19.9 Å². The Morgan fingerprint density at radius 2 is 1.88 bits per heavy atom. The Kier molecular flexibility index (Phi) is 7.33. The molecule has 3 aromatic heterocycles. The first kappa shape index (κ1) is 24.0. The van der Waals surface area contributed by atoms with Gasteiger partial charge < -0.3 is 14.9 Å². The molecule has 1 amide bonds. The number of nitrogens with one attached hydrogen (secondary N) is 2. The molecular weight excluding hydrogens is 468 g/mol. The molecule has 0 bridgehead atoms. The second kappa shape index (κ2) is 10.4. The highest BCUT2D eigenvalue weighted by molar-refractivity contribution is 7.99. The third-order valence-corrected chi connectivity index (χ3v) is 7.92. The Hall–Kier alpha value is -3.17. The molecular formula is C25H26N4O3S2. The van der Waals surface area contributed by atoms with Crippen molar-refractivity contribution in [2.75, 3.05) is 0 Å². The van der Waals surface area contributed by atoms with Gasteiger partial charge in [0.2, 0.25) is 5.91 Å². The number of aryl methyl sites for hydroxylation is 2. The molecule has 1 atom stereocenters. The summed E-state index contributed by atoms with van der Waals surface area (Å²) in [7, 11) is 0. The largest absolute Gasteiger partial charge is 0.351 e. The van der Waals surface area contributed by atoms with E-state index in [4.69, 9.17) is 0 Å². The Morgan fingerprint density at radius 3 is 2.62 bits per heavy atom. The summed E-state index contributed by atoms with van der Waals surface area (Å²) in [6.45, 7) is 6.69. The summed E-state index contributed by atoms with van der Waals surface area (Å²) < 4.78 is 1.65. The molecule has 1 unspecified atom stereocenters. The van der Waals surface area contributed by atoms with E-state index in [1.165, 1.54) is 23.1 Å². The normalized spacial score (nSPS) is 12.1. The quantitative estimate of drug-likeness (QED) is 0.389. The van der Waals surface area contributed by atoms with E-state index < -0.39 is 0 Å². The number of thiophene rings is 1. The summed E-state index contributed by atoms with van der Waals surface area (Å²) in [6.07, 6.45) is 1.77. The first-order valence-electron chi connectivity index (χ1n) is 10.9. The second-order valence-electron chi connectivity index (χ2n) is 8.13. The molecule has 3 heterocycles. The van der Waals surface area contributed by atoms with Crippen LogP contribution in [-0.2, 0) is 23.6 Å². The number of carbonyl (C=O) groups excluding carboxylic acids is 1. The number of amides is 1. The summed E-state index contributed by atoms with van der Waals surface area (Å²) in [5, 5.41) is 3.32. The van der Waals surface area contributed by atoms with Crippen molar-refractivity contribution in [1.29, 1.82) is 0 Å². The van der Waals surface area contributed by atoms with E-state index in [0.29, 0.717) is 30.1 Å². The van der Waals surface area contributed by atoms with Crippen molar-refractivity contribution in [2.45, 2.75) is 44.9 Å². The van der Waals surface area contributed by atoms with Crippen molar-refractivity contribution < 1.29 is 4.79 Å². The monoisotopic (exact) mass is 494 g/mol. The molecule has 0 aliphatic rings. The van der Waals surface area contributed by atoms with Crippen LogP contribution in [0.25, 0.3) is 10.2 Å². The highest BCUT2D eigenvalue weighted by atomic mass is 32.2. The molecule has 0 saturated carbocycles. The maximum Gasteiger partial charge on any atom is 0.259 e. The van der Waals surface area contributed by atoms with Crippen LogP contribution in [0, 0.1) is 13.8 Å². The van der Waals surface area contributed by atoms with Gasteiger partial charge in [0.05, 0.1) is 22.9 Å². The molecule has 4 rings (SSSR count). The Morgan fingerprint density at radius 1 is 1.15 bits per heavy atom. The first-order chi connectivity index (χ1) is 16.3. The van der Waals surface area contributed by atoms with Crippen LogP contribution in [-0.4, -0.2) is 25.7 Å². The van der Waals surface area contributed by atoms with Crippen molar-refractivity contribution in [3.05, 3.63) is 96.8 Å². The third kappa shape index (κ3) is 5.48.